The SMILES string of the molecule is CC(=O)NCC1CCN(C(=O)CC2CSCCN2)CC1. The van der Waals surface area contributed by atoms with Gasteiger partial charge >= 0.3 is 0 Å². The molecule has 2 rings (SSSR count). The predicted octanol–water partition coefficient (Wildman–Crippen LogP) is 0.456. The first kappa shape index (κ1) is 15.6. The van der Waals surface area contributed by atoms with E-state index in [0.717, 1.165) is 50.5 Å². The molecule has 2 amide bonds. The van der Waals surface area contributed by atoms with Crippen molar-refractivity contribution in [2.24, 2.45) is 5.92 Å². The topological polar surface area (TPSA) is 61.4 Å². The molecule has 2 heterocycles. The number of thioether (sulfide) groups is 1. The molecule has 0 spiro atoms. The highest BCUT2D eigenvalue weighted by atomic mass is 32.2. The van der Waals surface area contributed by atoms with E-state index in [9.17, 15) is 9.59 Å². The number of carbonyl (C=O) groups is 2. The van der Waals surface area contributed by atoms with Crippen molar-refractivity contribution >= 4 is 23.6 Å². The summed E-state index contributed by atoms with van der Waals surface area (Å²) < 4.78 is 0. The molecule has 0 saturated carbocycles. The average Bonchev–Trinajstić information content (AvgIpc) is 2.46. The van der Waals surface area contributed by atoms with Gasteiger partial charge in [0.1, 0.15) is 0 Å². The van der Waals surface area contributed by atoms with Gasteiger partial charge in [-0.3, -0.25) is 9.59 Å². The molecule has 20 heavy (non-hydrogen) atoms. The smallest absolute Gasteiger partial charge is 0.224 e. The second kappa shape index (κ2) is 7.88. The third kappa shape index (κ3) is 4.98. The van der Waals surface area contributed by atoms with Crippen LogP contribution in [-0.2, 0) is 9.59 Å². The Balaban J connectivity index is 1.67. The van der Waals surface area contributed by atoms with Crippen LogP contribution < -0.4 is 10.6 Å². The summed E-state index contributed by atoms with van der Waals surface area (Å²) in [6.45, 7) is 4.99. The van der Waals surface area contributed by atoms with Crippen LogP contribution in [0.4, 0.5) is 0 Å². The first-order chi connectivity index (χ1) is 9.65. The number of likely N-dealkylation sites (tertiary alicyclic amines) is 1. The van der Waals surface area contributed by atoms with E-state index in [2.05, 4.69) is 10.6 Å². The van der Waals surface area contributed by atoms with E-state index in [-0.39, 0.29) is 11.8 Å². The number of carbonyl (C=O) groups excluding carboxylic acids is 2. The van der Waals surface area contributed by atoms with Crippen molar-refractivity contribution in [1.29, 1.82) is 0 Å². The van der Waals surface area contributed by atoms with Crippen LogP contribution in [0.5, 0.6) is 0 Å². The maximum absolute atomic E-state index is 12.2. The van der Waals surface area contributed by atoms with Gasteiger partial charge in [0.15, 0.2) is 0 Å². The first-order valence-electron chi connectivity index (χ1n) is 7.48. The van der Waals surface area contributed by atoms with Crippen molar-refractivity contribution in [3.05, 3.63) is 0 Å². The van der Waals surface area contributed by atoms with Crippen molar-refractivity contribution in [1.82, 2.24) is 15.5 Å². The van der Waals surface area contributed by atoms with Gasteiger partial charge in [0, 0.05) is 57.1 Å². The molecule has 6 heteroatoms. The second-order valence-electron chi connectivity index (χ2n) is 5.69. The zero-order valence-electron chi connectivity index (χ0n) is 12.2. The summed E-state index contributed by atoms with van der Waals surface area (Å²) in [5.74, 6) is 3.03. The van der Waals surface area contributed by atoms with Gasteiger partial charge in [0.05, 0.1) is 0 Å². The van der Waals surface area contributed by atoms with E-state index in [4.69, 9.17) is 0 Å². The van der Waals surface area contributed by atoms with E-state index in [1.165, 1.54) is 0 Å². The molecule has 0 aromatic heterocycles. The van der Waals surface area contributed by atoms with Crippen LogP contribution in [0.15, 0.2) is 0 Å². The zero-order valence-corrected chi connectivity index (χ0v) is 13.0. The van der Waals surface area contributed by atoms with Crippen LogP contribution >= 0.6 is 11.8 Å². The first-order valence-corrected chi connectivity index (χ1v) is 8.64. The van der Waals surface area contributed by atoms with Gasteiger partial charge in [-0.05, 0) is 18.8 Å². The van der Waals surface area contributed by atoms with Gasteiger partial charge in [-0.1, -0.05) is 0 Å². The minimum atomic E-state index is 0.0318. The highest BCUT2D eigenvalue weighted by Crippen LogP contribution is 2.18. The molecular formula is C14H25N3O2S. The van der Waals surface area contributed by atoms with Gasteiger partial charge < -0.3 is 15.5 Å². The largest absolute Gasteiger partial charge is 0.356 e. The number of rotatable bonds is 4. The molecule has 5 nitrogen and oxygen atoms in total. The Labute approximate surface area is 125 Å². The Morgan fingerprint density at radius 2 is 2.10 bits per heavy atom. The van der Waals surface area contributed by atoms with Crippen LogP contribution in [0.3, 0.4) is 0 Å². The lowest BCUT2D eigenvalue weighted by molar-refractivity contribution is -0.133. The van der Waals surface area contributed by atoms with E-state index in [1.54, 1.807) is 6.92 Å². The number of amides is 2. The summed E-state index contributed by atoms with van der Waals surface area (Å²) in [5.41, 5.74) is 0. The third-order valence-corrected chi connectivity index (χ3v) is 5.16. The highest BCUT2D eigenvalue weighted by molar-refractivity contribution is 7.99. The average molecular weight is 299 g/mol. The van der Waals surface area contributed by atoms with Crippen LogP contribution in [0.1, 0.15) is 26.2 Å². The summed E-state index contributed by atoms with van der Waals surface area (Å²) in [6, 6.07) is 0.346. The maximum Gasteiger partial charge on any atom is 0.224 e. The van der Waals surface area contributed by atoms with Crippen LogP contribution in [-0.4, -0.2) is 60.4 Å². The molecule has 0 bridgehead atoms. The number of hydrogen-bond acceptors (Lipinski definition) is 4. The van der Waals surface area contributed by atoms with E-state index < -0.39 is 0 Å². The molecule has 0 aromatic carbocycles. The number of piperidine rings is 1. The Morgan fingerprint density at radius 3 is 2.70 bits per heavy atom. The fourth-order valence-corrected chi connectivity index (χ4v) is 3.71. The monoisotopic (exact) mass is 299 g/mol. The molecule has 1 atom stereocenters. The third-order valence-electron chi connectivity index (χ3n) is 4.03. The molecule has 2 aliphatic rings. The zero-order chi connectivity index (χ0) is 14.4. The van der Waals surface area contributed by atoms with E-state index in [1.807, 2.05) is 16.7 Å². The minimum absolute atomic E-state index is 0.0318. The van der Waals surface area contributed by atoms with Gasteiger partial charge in [0.25, 0.3) is 0 Å². The Morgan fingerprint density at radius 1 is 1.35 bits per heavy atom. The molecule has 2 N–H and O–H groups in total. The normalized spacial score (nSPS) is 24.4. The van der Waals surface area contributed by atoms with E-state index >= 15 is 0 Å². The lowest BCUT2D eigenvalue weighted by Crippen LogP contribution is -2.45. The molecule has 2 saturated heterocycles. The molecule has 2 aliphatic heterocycles. The quantitative estimate of drug-likeness (QED) is 0.791. The van der Waals surface area contributed by atoms with Crippen LogP contribution in [0, 0.1) is 5.92 Å². The maximum atomic E-state index is 12.2. The van der Waals surface area contributed by atoms with Gasteiger partial charge in [0.2, 0.25) is 11.8 Å². The lowest BCUT2D eigenvalue weighted by atomic mass is 9.96. The van der Waals surface area contributed by atoms with Crippen molar-refractivity contribution in [2.45, 2.75) is 32.2 Å². The van der Waals surface area contributed by atoms with Crippen molar-refractivity contribution in [3.8, 4) is 0 Å². The Hall–Kier alpha value is -0.750. The summed E-state index contributed by atoms with van der Waals surface area (Å²) in [6.07, 6.45) is 2.63. The molecule has 0 aromatic rings. The van der Waals surface area contributed by atoms with E-state index in [0.29, 0.717) is 18.4 Å². The number of nitrogens with zero attached hydrogens (tertiary/aromatic N) is 1. The molecule has 0 aliphatic carbocycles. The fraction of sp³-hybridized carbons (Fsp3) is 0.857. The summed E-state index contributed by atoms with van der Waals surface area (Å²) in [5, 5.41) is 6.28. The van der Waals surface area contributed by atoms with Crippen molar-refractivity contribution in [3.63, 3.8) is 0 Å². The minimum Gasteiger partial charge on any atom is -0.356 e. The summed E-state index contributed by atoms with van der Waals surface area (Å²) in [7, 11) is 0. The van der Waals surface area contributed by atoms with Gasteiger partial charge in [-0.15, -0.1) is 0 Å². The fourth-order valence-electron chi connectivity index (χ4n) is 2.77. The molecule has 114 valence electrons. The number of hydrogen-bond donors (Lipinski definition) is 2. The molecular weight excluding hydrogens is 274 g/mol. The molecule has 2 fully saturated rings. The van der Waals surface area contributed by atoms with Crippen molar-refractivity contribution < 1.29 is 9.59 Å². The predicted molar refractivity (Wildman–Crippen MR) is 81.7 cm³/mol. The van der Waals surface area contributed by atoms with Gasteiger partial charge in [-0.25, -0.2) is 0 Å². The second-order valence-corrected chi connectivity index (χ2v) is 6.84. The van der Waals surface area contributed by atoms with Gasteiger partial charge in [-0.2, -0.15) is 11.8 Å². The Bertz CT molecular complexity index is 337. The standard InChI is InChI=1S/C14H25N3O2S/c1-11(18)16-9-12-2-5-17(6-3-12)14(19)8-13-10-20-7-4-15-13/h12-13,15H,2-10H2,1H3,(H,16,18). The summed E-state index contributed by atoms with van der Waals surface area (Å²) in [4.78, 5) is 25.1. The summed E-state index contributed by atoms with van der Waals surface area (Å²) >= 11 is 1.93. The molecule has 0 radical (unpaired) electrons. The van der Waals surface area contributed by atoms with Crippen LogP contribution in [0.25, 0.3) is 0 Å². The number of nitrogens with one attached hydrogen (secondary N) is 2. The molecule has 1 unspecified atom stereocenters. The Kier molecular flexibility index (Phi) is 6.16. The highest BCUT2D eigenvalue weighted by Gasteiger charge is 2.25. The van der Waals surface area contributed by atoms with Crippen molar-refractivity contribution in [2.75, 3.05) is 37.7 Å². The van der Waals surface area contributed by atoms with Crippen LogP contribution in [0.2, 0.25) is 0 Å². The lowest BCUT2D eigenvalue weighted by Gasteiger charge is -2.33.